The maximum Gasteiger partial charge on any atom is 0.347 e. The predicted molar refractivity (Wildman–Crippen MR) is 84.6 cm³/mol. The van der Waals surface area contributed by atoms with Crippen LogP contribution in [-0.2, 0) is 9.53 Å². The number of hydrogen-bond acceptors (Lipinski definition) is 4. The lowest BCUT2D eigenvalue weighted by Gasteiger charge is -2.22. The normalized spacial score (nSPS) is 13.6. The number of hydrogen-bond donors (Lipinski definition) is 1. The molecule has 0 aromatic heterocycles. The van der Waals surface area contributed by atoms with Crippen molar-refractivity contribution >= 4 is 5.97 Å². The first kappa shape index (κ1) is 17.5. The molecule has 4 nitrogen and oxygen atoms in total. The molecule has 0 fully saturated rings. The minimum atomic E-state index is -0.541. The fraction of sp³-hybridized carbons (Fsp3) is 0.588. The van der Waals surface area contributed by atoms with E-state index in [1.165, 1.54) is 5.56 Å². The van der Waals surface area contributed by atoms with Gasteiger partial charge in [-0.3, -0.25) is 0 Å². The summed E-state index contributed by atoms with van der Waals surface area (Å²) in [5.41, 5.74) is 2.23. The van der Waals surface area contributed by atoms with Gasteiger partial charge in [0.05, 0.1) is 6.61 Å². The Hall–Kier alpha value is -1.55. The average Bonchev–Trinajstić information content (AvgIpc) is 2.47. The zero-order chi connectivity index (χ0) is 15.8. The van der Waals surface area contributed by atoms with Crippen LogP contribution in [0.15, 0.2) is 18.2 Å². The SMILES string of the molecule is CCCC(Oc1ccc(C)cc1C(C)NC)C(=O)OCC. The van der Waals surface area contributed by atoms with E-state index in [0.29, 0.717) is 13.0 Å². The van der Waals surface area contributed by atoms with Gasteiger partial charge in [0.25, 0.3) is 0 Å². The third-order valence-electron chi connectivity index (χ3n) is 3.43. The molecule has 2 atom stereocenters. The maximum absolute atomic E-state index is 12.0. The van der Waals surface area contributed by atoms with Gasteiger partial charge in [-0.1, -0.05) is 31.0 Å². The van der Waals surface area contributed by atoms with Crippen molar-refractivity contribution in [2.24, 2.45) is 0 Å². The van der Waals surface area contributed by atoms with Crippen LogP contribution < -0.4 is 10.1 Å². The fourth-order valence-electron chi connectivity index (χ4n) is 2.14. The third-order valence-corrected chi connectivity index (χ3v) is 3.43. The van der Waals surface area contributed by atoms with E-state index in [-0.39, 0.29) is 12.0 Å². The molecule has 1 N–H and O–H groups in total. The van der Waals surface area contributed by atoms with E-state index in [1.807, 2.05) is 33.0 Å². The fourth-order valence-corrected chi connectivity index (χ4v) is 2.14. The molecule has 0 aliphatic heterocycles. The molecular weight excluding hydrogens is 266 g/mol. The Bertz CT molecular complexity index is 459. The lowest BCUT2D eigenvalue weighted by atomic mass is 10.0. The van der Waals surface area contributed by atoms with Gasteiger partial charge in [-0.05, 0) is 40.3 Å². The van der Waals surface area contributed by atoms with Crippen molar-refractivity contribution in [3.8, 4) is 5.75 Å². The highest BCUT2D eigenvalue weighted by Crippen LogP contribution is 2.28. The van der Waals surface area contributed by atoms with E-state index < -0.39 is 6.10 Å². The average molecular weight is 293 g/mol. The van der Waals surface area contributed by atoms with Gasteiger partial charge >= 0.3 is 5.97 Å². The van der Waals surface area contributed by atoms with Crippen molar-refractivity contribution in [2.45, 2.75) is 52.7 Å². The van der Waals surface area contributed by atoms with Crippen LogP contribution in [0.4, 0.5) is 0 Å². The number of nitrogens with one attached hydrogen (secondary N) is 1. The molecular formula is C17H27NO3. The highest BCUT2D eigenvalue weighted by molar-refractivity contribution is 5.75. The number of rotatable bonds is 8. The number of esters is 1. The summed E-state index contributed by atoms with van der Waals surface area (Å²) in [4.78, 5) is 12.0. The van der Waals surface area contributed by atoms with Gasteiger partial charge in [0.2, 0.25) is 0 Å². The number of ether oxygens (including phenoxy) is 2. The van der Waals surface area contributed by atoms with E-state index in [4.69, 9.17) is 9.47 Å². The molecule has 2 unspecified atom stereocenters. The third kappa shape index (κ3) is 5.05. The smallest absolute Gasteiger partial charge is 0.347 e. The van der Waals surface area contributed by atoms with Crippen LogP contribution in [-0.4, -0.2) is 25.7 Å². The lowest BCUT2D eigenvalue weighted by Crippen LogP contribution is -2.30. The van der Waals surface area contributed by atoms with Crippen molar-refractivity contribution in [3.05, 3.63) is 29.3 Å². The Kier molecular flexibility index (Phi) is 7.23. The summed E-state index contributed by atoms with van der Waals surface area (Å²) in [5, 5.41) is 3.21. The largest absolute Gasteiger partial charge is 0.478 e. The van der Waals surface area contributed by atoms with Crippen LogP contribution in [0.3, 0.4) is 0 Å². The highest BCUT2D eigenvalue weighted by atomic mass is 16.6. The second-order valence-electron chi connectivity index (χ2n) is 5.20. The first-order valence-electron chi connectivity index (χ1n) is 7.64. The van der Waals surface area contributed by atoms with Crippen LogP contribution in [0.2, 0.25) is 0 Å². The molecule has 4 heteroatoms. The van der Waals surface area contributed by atoms with Crippen molar-refractivity contribution in [1.82, 2.24) is 5.32 Å². The topological polar surface area (TPSA) is 47.6 Å². The molecule has 1 aromatic rings. The molecule has 1 rings (SSSR count). The summed E-state index contributed by atoms with van der Waals surface area (Å²) in [6, 6.07) is 6.17. The first-order valence-corrected chi connectivity index (χ1v) is 7.64. The minimum Gasteiger partial charge on any atom is -0.478 e. The van der Waals surface area contributed by atoms with Gasteiger partial charge in [-0.15, -0.1) is 0 Å². The number of aryl methyl sites for hydroxylation is 1. The minimum absolute atomic E-state index is 0.157. The number of carbonyl (C=O) groups is 1. The van der Waals surface area contributed by atoms with Crippen LogP contribution in [0.5, 0.6) is 5.75 Å². The van der Waals surface area contributed by atoms with Gasteiger partial charge in [0.1, 0.15) is 5.75 Å². The van der Waals surface area contributed by atoms with Crippen molar-refractivity contribution in [2.75, 3.05) is 13.7 Å². The number of benzene rings is 1. The molecule has 0 heterocycles. The van der Waals surface area contributed by atoms with Crippen molar-refractivity contribution < 1.29 is 14.3 Å². The Morgan fingerprint density at radius 1 is 1.33 bits per heavy atom. The molecule has 0 radical (unpaired) electrons. The second-order valence-corrected chi connectivity index (χ2v) is 5.20. The van der Waals surface area contributed by atoms with E-state index >= 15 is 0 Å². The predicted octanol–water partition coefficient (Wildman–Crippen LogP) is 3.39. The summed E-state index contributed by atoms with van der Waals surface area (Å²) in [6.07, 6.45) is 0.979. The molecule has 0 saturated heterocycles. The van der Waals surface area contributed by atoms with Crippen molar-refractivity contribution in [1.29, 1.82) is 0 Å². The van der Waals surface area contributed by atoms with E-state index in [0.717, 1.165) is 17.7 Å². The monoisotopic (exact) mass is 293 g/mol. The van der Waals surface area contributed by atoms with Crippen LogP contribution >= 0.6 is 0 Å². The summed E-state index contributed by atoms with van der Waals surface area (Å²) < 4.78 is 11.1. The van der Waals surface area contributed by atoms with Gasteiger partial charge < -0.3 is 14.8 Å². The van der Waals surface area contributed by atoms with Gasteiger partial charge in [-0.2, -0.15) is 0 Å². The molecule has 21 heavy (non-hydrogen) atoms. The summed E-state index contributed by atoms with van der Waals surface area (Å²) in [5.74, 6) is 0.455. The number of carbonyl (C=O) groups excluding carboxylic acids is 1. The van der Waals surface area contributed by atoms with Crippen LogP contribution in [0, 0.1) is 6.92 Å². The summed E-state index contributed by atoms with van der Waals surface area (Å²) >= 11 is 0. The Labute approximate surface area is 127 Å². The van der Waals surface area contributed by atoms with E-state index in [1.54, 1.807) is 6.92 Å². The molecule has 0 amide bonds. The standard InChI is InChI=1S/C17H27NO3/c1-6-8-16(17(19)20-7-2)21-15-10-9-12(3)11-14(15)13(4)18-5/h9-11,13,16,18H,6-8H2,1-5H3. The molecule has 1 aromatic carbocycles. The molecule has 0 spiro atoms. The van der Waals surface area contributed by atoms with Gasteiger partial charge in [0.15, 0.2) is 6.10 Å². The zero-order valence-electron chi connectivity index (χ0n) is 13.7. The van der Waals surface area contributed by atoms with Crippen LogP contribution in [0.25, 0.3) is 0 Å². The van der Waals surface area contributed by atoms with Crippen molar-refractivity contribution in [3.63, 3.8) is 0 Å². The van der Waals surface area contributed by atoms with E-state index in [2.05, 4.69) is 18.3 Å². The van der Waals surface area contributed by atoms with E-state index in [9.17, 15) is 4.79 Å². The molecule has 0 saturated carbocycles. The Balaban J connectivity index is 2.99. The Morgan fingerprint density at radius 2 is 2.05 bits per heavy atom. The van der Waals surface area contributed by atoms with Crippen LogP contribution in [0.1, 0.15) is 50.8 Å². The first-order chi connectivity index (χ1) is 10.0. The Morgan fingerprint density at radius 3 is 2.62 bits per heavy atom. The lowest BCUT2D eigenvalue weighted by molar-refractivity contribution is -0.151. The molecule has 0 bridgehead atoms. The van der Waals surface area contributed by atoms with Gasteiger partial charge in [0, 0.05) is 11.6 Å². The summed E-state index contributed by atoms with van der Waals surface area (Å²) in [6.45, 7) is 8.32. The quantitative estimate of drug-likeness (QED) is 0.746. The van der Waals surface area contributed by atoms with Gasteiger partial charge in [-0.25, -0.2) is 4.79 Å². The highest BCUT2D eigenvalue weighted by Gasteiger charge is 2.22. The molecule has 118 valence electrons. The molecule has 0 aliphatic rings. The maximum atomic E-state index is 12.0. The second kappa shape index (κ2) is 8.67. The summed E-state index contributed by atoms with van der Waals surface area (Å²) in [7, 11) is 1.91. The molecule has 0 aliphatic carbocycles. The zero-order valence-corrected chi connectivity index (χ0v) is 13.7.